The molecule has 0 aromatic heterocycles. The molecule has 0 bridgehead atoms. The number of amides is 1. The fourth-order valence-corrected chi connectivity index (χ4v) is 2.35. The van der Waals surface area contributed by atoms with Crippen molar-refractivity contribution in [2.75, 3.05) is 20.3 Å². The molecule has 2 aromatic carbocycles. The molecule has 28 heavy (non-hydrogen) atoms. The normalized spacial score (nSPS) is 12.8. The Morgan fingerprint density at radius 3 is 2.43 bits per heavy atom. The highest BCUT2D eigenvalue weighted by molar-refractivity contribution is 5.95. The molecule has 0 saturated heterocycles. The Bertz CT molecular complexity index is 832. The number of methoxy groups -OCH3 is 1. The van der Waals surface area contributed by atoms with E-state index >= 15 is 0 Å². The molecule has 2 rings (SSSR count). The quantitative estimate of drug-likeness (QED) is 0.630. The minimum atomic E-state index is -4.39. The number of aliphatic hydroxyl groups excluding tert-OH is 2. The van der Waals surface area contributed by atoms with Crippen LogP contribution in [0, 0.1) is 0 Å². The van der Waals surface area contributed by atoms with Crippen molar-refractivity contribution >= 4 is 18.1 Å². The first kappa shape index (κ1) is 21.5. The summed E-state index contributed by atoms with van der Waals surface area (Å²) >= 11 is 0. The van der Waals surface area contributed by atoms with Gasteiger partial charge in [-0.1, -0.05) is 24.3 Å². The molecule has 0 aliphatic heterocycles. The fraction of sp³-hybridized carbons (Fsp3) is 0.250. The third-order valence-corrected chi connectivity index (χ3v) is 3.89. The van der Waals surface area contributed by atoms with E-state index in [-0.39, 0.29) is 6.54 Å². The van der Waals surface area contributed by atoms with Crippen molar-refractivity contribution in [1.82, 2.24) is 5.32 Å². The summed E-state index contributed by atoms with van der Waals surface area (Å²) in [5, 5.41) is 20.6. The molecule has 0 fully saturated rings. The first-order valence-corrected chi connectivity index (χ1v) is 8.35. The zero-order valence-electron chi connectivity index (χ0n) is 15.0. The van der Waals surface area contributed by atoms with E-state index in [0.29, 0.717) is 22.4 Å². The van der Waals surface area contributed by atoms with Gasteiger partial charge in [0.25, 0.3) is 5.91 Å². The van der Waals surface area contributed by atoms with Gasteiger partial charge >= 0.3 is 6.18 Å². The third kappa shape index (κ3) is 5.83. The summed E-state index contributed by atoms with van der Waals surface area (Å²) in [5.74, 6) is 0.0365. The van der Waals surface area contributed by atoms with Crippen LogP contribution in [-0.4, -0.2) is 42.5 Å². The number of ether oxygens (including phenoxy) is 1. The van der Waals surface area contributed by atoms with Gasteiger partial charge in [0.15, 0.2) is 0 Å². The number of hydrogen-bond donors (Lipinski definition) is 3. The highest BCUT2D eigenvalue weighted by Gasteiger charge is 2.29. The summed E-state index contributed by atoms with van der Waals surface area (Å²) in [7, 11) is 1.46. The molecule has 0 spiro atoms. The molecule has 0 saturated carbocycles. The van der Waals surface area contributed by atoms with Crippen molar-refractivity contribution in [3.63, 3.8) is 0 Å². The van der Waals surface area contributed by atoms with Crippen LogP contribution in [-0.2, 0) is 6.18 Å². The Kier molecular flexibility index (Phi) is 7.19. The van der Waals surface area contributed by atoms with Gasteiger partial charge in [0, 0.05) is 17.7 Å². The maximum absolute atomic E-state index is 12.6. The van der Waals surface area contributed by atoms with Crippen LogP contribution in [0.2, 0.25) is 0 Å². The van der Waals surface area contributed by atoms with Crippen LogP contribution in [0.25, 0.3) is 12.2 Å². The molecule has 2 aromatic rings. The lowest BCUT2D eigenvalue weighted by atomic mass is 10.1. The second kappa shape index (κ2) is 9.38. The second-order valence-electron chi connectivity index (χ2n) is 5.96. The lowest BCUT2D eigenvalue weighted by Crippen LogP contribution is -2.33. The van der Waals surface area contributed by atoms with Gasteiger partial charge < -0.3 is 20.3 Å². The number of benzene rings is 2. The van der Waals surface area contributed by atoms with Crippen molar-refractivity contribution in [3.8, 4) is 5.75 Å². The van der Waals surface area contributed by atoms with Crippen LogP contribution in [0.4, 0.5) is 13.2 Å². The Hall–Kier alpha value is -2.84. The number of carbonyl (C=O) groups excluding carboxylic acids is 1. The second-order valence-corrected chi connectivity index (χ2v) is 5.96. The molecule has 8 heteroatoms. The highest BCUT2D eigenvalue weighted by Crippen LogP contribution is 2.29. The standard InChI is InChI=1S/C20H20F3NO4/c1-28-18-9-6-15(19(27)24-11-17(26)12-25)10-14(18)5-2-13-3-7-16(8-4-13)20(21,22)23/h2-10,17,25-26H,11-12H2,1H3,(H,24,27)/b5-2+. The monoisotopic (exact) mass is 395 g/mol. The minimum absolute atomic E-state index is 0.0991. The Morgan fingerprint density at radius 1 is 1.18 bits per heavy atom. The topological polar surface area (TPSA) is 78.8 Å². The number of halogens is 3. The average molecular weight is 395 g/mol. The van der Waals surface area contributed by atoms with Crippen molar-refractivity contribution in [2.24, 2.45) is 0 Å². The fourth-order valence-electron chi connectivity index (χ4n) is 2.35. The molecule has 150 valence electrons. The number of rotatable bonds is 7. The maximum atomic E-state index is 12.6. The number of carbonyl (C=O) groups is 1. The van der Waals surface area contributed by atoms with Crippen LogP contribution in [0.3, 0.4) is 0 Å². The predicted octanol–water partition coefficient (Wildman–Crippen LogP) is 2.97. The van der Waals surface area contributed by atoms with Gasteiger partial charge in [-0.2, -0.15) is 13.2 Å². The van der Waals surface area contributed by atoms with E-state index in [4.69, 9.17) is 9.84 Å². The summed E-state index contributed by atoms with van der Waals surface area (Å²) in [6.07, 6.45) is -2.21. The van der Waals surface area contributed by atoms with E-state index in [2.05, 4.69) is 5.32 Å². The van der Waals surface area contributed by atoms with Crippen LogP contribution >= 0.6 is 0 Å². The van der Waals surface area contributed by atoms with Crippen molar-refractivity contribution in [2.45, 2.75) is 12.3 Å². The molecule has 0 aliphatic rings. The van der Waals surface area contributed by atoms with Crippen molar-refractivity contribution in [1.29, 1.82) is 0 Å². The van der Waals surface area contributed by atoms with E-state index < -0.39 is 30.4 Å². The molecule has 0 aliphatic carbocycles. The van der Waals surface area contributed by atoms with E-state index in [0.717, 1.165) is 12.1 Å². The van der Waals surface area contributed by atoms with E-state index in [9.17, 15) is 23.1 Å². The largest absolute Gasteiger partial charge is 0.496 e. The predicted molar refractivity (Wildman–Crippen MR) is 98.8 cm³/mol. The summed E-state index contributed by atoms with van der Waals surface area (Å²) < 4.78 is 43.1. The first-order valence-electron chi connectivity index (χ1n) is 8.35. The van der Waals surface area contributed by atoms with Crippen molar-refractivity contribution < 1.29 is 32.9 Å². The Balaban J connectivity index is 2.19. The molecule has 1 amide bonds. The zero-order valence-corrected chi connectivity index (χ0v) is 15.0. The van der Waals surface area contributed by atoms with Gasteiger partial charge in [0.1, 0.15) is 5.75 Å². The van der Waals surface area contributed by atoms with Crippen LogP contribution in [0.15, 0.2) is 42.5 Å². The lowest BCUT2D eigenvalue weighted by Gasteiger charge is -2.11. The summed E-state index contributed by atoms with van der Waals surface area (Å²) in [6.45, 7) is -0.567. The lowest BCUT2D eigenvalue weighted by molar-refractivity contribution is -0.137. The number of nitrogens with one attached hydrogen (secondary N) is 1. The minimum Gasteiger partial charge on any atom is -0.496 e. The maximum Gasteiger partial charge on any atom is 0.416 e. The van der Waals surface area contributed by atoms with Gasteiger partial charge in [-0.05, 0) is 35.9 Å². The van der Waals surface area contributed by atoms with Crippen molar-refractivity contribution in [3.05, 3.63) is 64.7 Å². The SMILES string of the molecule is COc1ccc(C(=O)NCC(O)CO)cc1/C=C/c1ccc(C(F)(F)F)cc1. The average Bonchev–Trinajstić information content (AvgIpc) is 2.69. The summed E-state index contributed by atoms with van der Waals surface area (Å²) in [6, 6.07) is 9.36. The molecule has 1 atom stereocenters. The number of aliphatic hydroxyl groups is 2. The van der Waals surface area contributed by atoms with E-state index in [1.165, 1.54) is 25.3 Å². The van der Waals surface area contributed by atoms with Gasteiger partial charge in [0.2, 0.25) is 0 Å². The Labute approximate surface area is 160 Å². The molecule has 0 heterocycles. The van der Waals surface area contributed by atoms with Crippen LogP contribution < -0.4 is 10.1 Å². The molecule has 0 radical (unpaired) electrons. The molecule has 1 unspecified atom stereocenters. The zero-order chi connectivity index (χ0) is 20.7. The van der Waals surface area contributed by atoms with Crippen LogP contribution in [0.5, 0.6) is 5.75 Å². The van der Waals surface area contributed by atoms with Gasteiger partial charge in [-0.3, -0.25) is 4.79 Å². The summed E-state index contributed by atoms with van der Waals surface area (Å²) in [4.78, 5) is 12.1. The number of hydrogen-bond acceptors (Lipinski definition) is 4. The van der Waals surface area contributed by atoms with E-state index in [1.807, 2.05) is 0 Å². The van der Waals surface area contributed by atoms with Gasteiger partial charge in [-0.15, -0.1) is 0 Å². The Morgan fingerprint density at radius 2 is 1.86 bits per heavy atom. The van der Waals surface area contributed by atoms with Gasteiger partial charge in [-0.25, -0.2) is 0 Å². The smallest absolute Gasteiger partial charge is 0.416 e. The van der Waals surface area contributed by atoms with E-state index in [1.54, 1.807) is 24.3 Å². The van der Waals surface area contributed by atoms with Crippen LogP contribution in [0.1, 0.15) is 27.0 Å². The molecular weight excluding hydrogens is 375 g/mol. The summed E-state index contributed by atoms with van der Waals surface area (Å²) in [5.41, 5.74) is 0.678. The molecule has 5 nitrogen and oxygen atoms in total. The molecule has 3 N–H and O–H groups in total. The van der Waals surface area contributed by atoms with Gasteiger partial charge in [0.05, 0.1) is 25.4 Å². The number of alkyl halides is 3. The first-order chi connectivity index (χ1) is 13.2. The third-order valence-electron chi connectivity index (χ3n) is 3.89. The highest BCUT2D eigenvalue weighted by atomic mass is 19.4. The molecular formula is C20H20F3NO4.